The Bertz CT molecular complexity index is 421. The van der Waals surface area contributed by atoms with Gasteiger partial charge in [-0.2, -0.15) is 0 Å². The van der Waals surface area contributed by atoms with Crippen molar-refractivity contribution in [3.63, 3.8) is 0 Å². The molecule has 2 rings (SSSR count). The summed E-state index contributed by atoms with van der Waals surface area (Å²) in [6.45, 7) is 2.25. The SMILES string of the molecule is CCC1CCC(NC)C(Cc2cc(Cl)ccc2F)C1. The third-order valence-corrected chi connectivity index (χ3v) is 4.76. The van der Waals surface area contributed by atoms with Crippen molar-refractivity contribution >= 4 is 11.6 Å². The predicted molar refractivity (Wildman–Crippen MR) is 79.1 cm³/mol. The molecular weight excluding hydrogens is 261 g/mol. The molecule has 0 spiro atoms. The summed E-state index contributed by atoms with van der Waals surface area (Å²) in [6.07, 6.45) is 5.69. The molecule has 0 bridgehead atoms. The molecule has 1 aliphatic rings. The highest BCUT2D eigenvalue weighted by molar-refractivity contribution is 6.30. The minimum absolute atomic E-state index is 0.127. The molecule has 1 nitrogen and oxygen atoms in total. The Labute approximate surface area is 120 Å². The van der Waals surface area contributed by atoms with Crippen LogP contribution in [0.2, 0.25) is 5.02 Å². The Balaban J connectivity index is 2.11. The molecule has 106 valence electrons. The van der Waals surface area contributed by atoms with Gasteiger partial charge in [-0.15, -0.1) is 0 Å². The van der Waals surface area contributed by atoms with E-state index in [0.29, 0.717) is 17.0 Å². The lowest BCUT2D eigenvalue weighted by atomic mass is 9.74. The maximum atomic E-state index is 13.9. The van der Waals surface area contributed by atoms with Crippen molar-refractivity contribution < 1.29 is 4.39 Å². The van der Waals surface area contributed by atoms with Crippen molar-refractivity contribution in [3.8, 4) is 0 Å². The molecule has 0 radical (unpaired) electrons. The van der Waals surface area contributed by atoms with E-state index < -0.39 is 0 Å². The van der Waals surface area contributed by atoms with Crippen molar-refractivity contribution in [1.82, 2.24) is 5.32 Å². The minimum Gasteiger partial charge on any atom is -0.317 e. The Kier molecular flexibility index (Phi) is 5.23. The van der Waals surface area contributed by atoms with Crippen molar-refractivity contribution in [2.75, 3.05) is 7.05 Å². The van der Waals surface area contributed by atoms with Gasteiger partial charge < -0.3 is 5.32 Å². The molecule has 0 heterocycles. The van der Waals surface area contributed by atoms with Crippen LogP contribution in [0.3, 0.4) is 0 Å². The zero-order chi connectivity index (χ0) is 13.8. The molecule has 0 amide bonds. The third kappa shape index (κ3) is 3.70. The Morgan fingerprint density at radius 3 is 2.84 bits per heavy atom. The van der Waals surface area contributed by atoms with E-state index >= 15 is 0 Å². The Hall–Kier alpha value is -0.600. The van der Waals surface area contributed by atoms with E-state index in [2.05, 4.69) is 12.2 Å². The van der Waals surface area contributed by atoms with Gasteiger partial charge >= 0.3 is 0 Å². The van der Waals surface area contributed by atoms with Crippen LogP contribution in [0, 0.1) is 17.7 Å². The molecule has 0 saturated heterocycles. The van der Waals surface area contributed by atoms with Gasteiger partial charge in [-0.25, -0.2) is 4.39 Å². The van der Waals surface area contributed by atoms with Crippen LogP contribution in [0.1, 0.15) is 38.2 Å². The monoisotopic (exact) mass is 283 g/mol. The Morgan fingerprint density at radius 1 is 1.37 bits per heavy atom. The molecule has 1 N–H and O–H groups in total. The highest BCUT2D eigenvalue weighted by Gasteiger charge is 2.29. The molecule has 3 unspecified atom stereocenters. The number of nitrogens with one attached hydrogen (secondary N) is 1. The van der Waals surface area contributed by atoms with Crippen molar-refractivity contribution in [1.29, 1.82) is 0 Å². The summed E-state index contributed by atoms with van der Waals surface area (Å²) in [7, 11) is 2.01. The van der Waals surface area contributed by atoms with Crippen LogP contribution in [-0.4, -0.2) is 13.1 Å². The first-order valence-electron chi connectivity index (χ1n) is 7.25. The average Bonchev–Trinajstić information content (AvgIpc) is 2.42. The fourth-order valence-corrected chi connectivity index (χ4v) is 3.51. The van der Waals surface area contributed by atoms with E-state index in [1.165, 1.54) is 31.7 Å². The molecule has 1 fully saturated rings. The van der Waals surface area contributed by atoms with E-state index in [0.717, 1.165) is 17.9 Å². The first-order chi connectivity index (χ1) is 9.13. The average molecular weight is 284 g/mol. The maximum Gasteiger partial charge on any atom is 0.126 e. The molecule has 1 aromatic carbocycles. The fourth-order valence-electron chi connectivity index (χ4n) is 3.32. The standard InChI is InChI=1S/C16H23ClFN/c1-3-11-4-7-16(19-2)13(8-11)9-12-10-14(17)5-6-15(12)18/h5-6,10-11,13,16,19H,3-4,7-9H2,1-2H3. The topological polar surface area (TPSA) is 12.0 Å². The van der Waals surface area contributed by atoms with Gasteiger partial charge in [0, 0.05) is 11.1 Å². The highest BCUT2D eigenvalue weighted by atomic mass is 35.5. The van der Waals surface area contributed by atoms with Gasteiger partial charge in [-0.1, -0.05) is 24.9 Å². The fraction of sp³-hybridized carbons (Fsp3) is 0.625. The largest absolute Gasteiger partial charge is 0.317 e. The van der Waals surface area contributed by atoms with Gasteiger partial charge in [-0.05, 0) is 68.3 Å². The number of rotatable bonds is 4. The van der Waals surface area contributed by atoms with E-state index in [4.69, 9.17) is 11.6 Å². The predicted octanol–water partition coefficient (Wildman–Crippen LogP) is 4.44. The van der Waals surface area contributed by atoms with Gasteiger partial charge in [0.2, 0.25) is 0 Å². The lowest BCUT2D eigenvalue weighted by Crippen LogP contribution is -2.39. The number of halogens is 2. The van der Waals surface area contributed by atoms with E-state index in [9.17, 15) is 4.39 Å². The second kappa shape index (κ2) is 6.71. The first-order valence-corrected chi connectivity index (χ1v) is 7.63. The van der Waals surface area contributed by atoms with Gasteiger partial charge in [0.15, 0.2) is 0 Å². The molecule has 0 aromatic heterocycles. The normalized spacial score (nSPS) is 27.5. The second-order valence-electron chi connectivity index (χ2n) is 5.68. The van der Waals surface area contributed by atoms with E-state index in [-0.39, 0.29) is 5.82 Å². The van der Waals surface area contributed by atoms with E-state index in [1.807, 2.05) is 7.05 Å². The molecular formula is C16H23ClFN. The zero-order valence-corrected chi connectivity index (χ0v) is 12.5. The summed E-state index contributed by atoms with van der Waals surface area (Å²) in [5, 5.41) is 4.02. The molecule has 3 heteroatoms. The number of hydrogen-bond donors (Lipinski definition) is 1. The number of benzene rings is 1. The van der Waals surface area contributed by atoms with Crippen LogP contribution in [0.15, 0.2) is 18.2 Å². The van der Waals surface area contributed by atoms with Crippen molar-refractivity contribution in [2.45, 2.75) is 45.1 Å². The summed E-state index contributed by atoms with van der Waals surface area (Å²) in [6, 6.07) is 5.37. The van der Waals surface area contributed by atoms with Gasteiger partial charge in [-0.3, -0.25) is 0 Å². The zero-order valence-electron chi connectivity index (χ0n) is 11.8. The summed E-state index contributed by atoms with van der Waals surface area (Å²) >= 11 is 5.98. The molecule has 3 atom stereocenters. The lowest BCUT2D eigenvalue weighted by Gasteiger charge is -2.36. The van der Waals surface area contributed by atoms with Gasteiger partial charge in [0.1, 0.15) is 5.82 Å². The summed E-state index contributed by atoms with van der Waals surface area (Å²) in [5.41, 5.74) is 0.759. The maximum absolute atomic E-state index is 13.9. The quantitative estimate of drug-likeness (QED) is 0.862. The highest BCUT2D eigenvalue weighted by Crippen LogP contribution is 2.34. The van der Waals surface area contributed by atoms with Crippen LogP contribution < -0.4 is 5.32 Å². The number of hydrogen-bond acceptors (Lipinski definition) is 1. The molecule has 19 heavy (non-hydrogen) atoms. The summed E-state index contributed by atoms with van der Waals surface area (Å²) in [4.78, 5) is 0. The molecule has 1 aromatic rings. The summed E-state index contributed by atoms with van der Waals surface area (Å²) in [5.74, 6) is 1.17. The van der Waals surface area contributed by atoms with Gasteiger partial charge in [0.25, 0.3) is 0 Å². The second-order valence-corrected chi connectivity index (χ2v) is 6.12. The Morgan fingerprint density at radius 2 is 2.16 bits per heavy atom. The molecule has 0 aliphatic heterocycles. The first kappa shape index (κ1) is 14.8. The smallest absolute Gasteiger partial charge is 0.126 e. The van der Waals surface area contributed by atoms with Crippen molar-refractivity contribution in [2.24, 2.45) is 11.8 Å². The van der Waals surface area contributed by atoms with Crippen LogP contribution in [0.4, 0.5) is 4.39 Å². The van der Waals surface area contributed by atoms with E-state index in [1.54, 1.807) is 12.1 Å². The third-order valence-electron chi connectivity index (χ3n) is 4.53. The van der Waals surface area contributed by atoms with Crippen molar-refractivity contribution in [3.05, 3.63) is 34.6 Å². The molecule has 1 saturated carbocycles. The summed E-state index contributed by atoms with van der Waals surface area (Å²) < 4.78 is 13.9. The lowest BCUT2D eigenvalue weighted by molar-refractivity contribution is 0.204. The van der Waals surface area contributed by atoms with Crippen LogP contribution in [0.5, 0.6) is 0 Å². The van der Waals surface area contributed by atoms with Crippen LogP contribution in [-0.2, 0) is 6.42 Å². The minimum atomic E-state index is -0.127. The van der Waals surface area contributed by atoms with Crippen LogP contribution >= 0.6 is 11.6 Å². The molecule has 1 aliphatic carbocycles. The van der Waals surface area contributed by atoms with Crippen LogP contribution in [0.25, 0.3) is 0 Å². The van der Waals surface area contributed by atoms with Gasteiger partial charge in [0.05, 0.1) is 0 Å².